The molecule has 0 unspecified atom stereocenters. The molecule has 0 amide bonds. The van der Waals surface area contributed by atoms with Crippen molar-refractivity contribution in [1.82, 2.24) is 0 Å². The lowest BCUT2D eigenvalue weighted by atomic mass is 11.5. The minimum Gasteiger partial charge on any atom is -0.358 e. The van der Waals surface area contributed by atoms with Crippen LogP contribution in [-0.2, 0) is 0 Å². The predicted octanol–water partition coefficient (Wildman–Crippen LogP) is 0.824. The van der Waals surface area contributed by atoms with Gasteiger partial charge in [0.25, 0.3) is 0 Å². The Morgan fingerprint density at radius 2 is 2.25 bits per heavy atom. The van der Waals surface area contributed by atoms with E-state index in [-0.39, 0.29) is 0 Å². The summed E-state index contributed by atoms with van der Waals surface area (Å²) in [6, 6.07) is 0. The zero-order valence-electron chi connectivity index (χ0n) is 2.39. The van der Waals surface area contributed by atoms with E-state index < -0.39 is 0 Å². The van der Waals surface area contributed by atoms with Gasteiger partial charge in [0.15, 0.2) is 0 Å². The van der Waals surface area contributed by atoms with Crippen LogP contribution in [-0.4, -0.2) is 7.05 Å². The summed E-state index contributed by atoms with van der Waals surface area (Å²) in [6.07, 6.45) is 0. The summed E-state index contributed by atoms with van der Waals surface area (Å²) in [4.78, 5) is 2.61. The third-order valence-electron chi connectivity index (χ3n) is 0.100. The Morgan fingerprint density at radius 3 is 2.25 bits per heavy atom. The van der Waals surface area contributed by atoms with Crippen LogP contribution in [0.2, 0.25) is 0 Å². The second-order valence-electron chi connectivity index (χ2n) is 0.300. The lowest BCUT2D eigenvalue weighted by Crippen LogP contribution is -1.33. The van der Waals surface area contributed by atoms with E-state index in [0.29, 0.717) is 0 Å². The van der Waals surface area contributed by atoms with Crippen LogP contribution in [0.15, 0.2) is 0 Å². The first kappa shape index (κ1) is 3.29. The number of hydrogen-bond acceptors (Lipinski definition) is 0. The average molecular weight is 55.1 g/mol. The largest absolute Gasteiger partial charge is 0.358 e. The molecule has 0 rings (SSSR count). The van der Waals surface area contributed by atoms with Gasteiger partial charge in [-0.05, 0) is 0 Å². The van der Waals surface area contributed by atoms with Crippen molar-refractivity contribution in [2.24, 2.45) is 0 Å². The molecule has 0 radical (unpaired) electrons. The molecule has 0 saturated heterocycles. The first-order valence-electron chi connectivity index (χ1n) is 0.871. The van der Waals surface area contributed by atoms with Gasteiger partial charge >= 0.3 is 0 Å². The van der Waals surface area contributed by atoms with E-state index in [9.17, 15) is 0 Å². The van der Waals surface area contributed by atoms with Crippen molar-refractivity contribution in [3.05, 3.63) is 17.0 Å². The molecule has 0 aromatic carbocycles. The fourth-order valence-electron chi connectivity index (χ4n) is 0. The number of rotatable bonds is 0. The first-order chi connectivity index (χ1) is 1.91. The lowest BCUT2D eigenvalue weighted by Gasteiger charge is -1.77. The maximum Gasteiger partial charge on any atom is -0.0803 e. The first-order valence-corrected chi connectivity index (χ1v) is 0.871. The van der Waals surface area contributed by atoms with E-state index in [1.165, 1.54) is 7.05 Å². The highest BCUT2D eigenvalue weighted by Gasteiger charge is 1.19. The molecule has 22 valence electrons. The summed E-state index contributed by atoms with van der Waals surface area (Å²) in [7, 11) is 1.45. The van der Waals surface area contributed by atoms with Gasteiger partial charge in [-0.1, -0.05) is 7.05 Å². The molecular weight excluding hydrogens is 52.0 g/mol. The van der Waals surface area contributed by atoms with Crippen molar-refractivity contribution in [3.8, 4) is 0 Å². The molecule has 0 aliphatic carbocycles. The number of nitrogens with zero attached hydrogens (tertiary/aromatic N) is 2. The summed E-state index contributed by atoms with van der Waals surface area (Å²) in [5, 5.41) is 0. The number of hydrogen-bond donors (Lipinski definition) is 0. The van der Waals surface area contributed by atoms with Crippen molar-refractivity contribution in [2.45, 2.75) is 0 Å². The summed E-state index contributed by atoms with van der Waals surface area (Å²) in [5.74, 6) is 0. The lowest BCUT2D eigenvalue weighted by molar-refractivity contribution is 1.71. The van der Waals surface area contributed by atoms with Gasteiger partial charge in [-0.2, -0.15) is 0 Å². The quantitative estimate of drug-likeness (QED) is 0.288. The Labute approximate surface area is 25.2 Å². The van der Waals surface area contributed by atoms with Crippen LogP contribution in [0.25, 0.3) is 10.4 Å². The minimum absolute atomic E-state index is 1.45. The van der Waals surface area contributed by atoms with E-state index in [1.54, 1.807) is 0 Å². The van der Waals surface area contributed by atoms with Gasteiger partial charge in [0.2, 0.25) is 0 Å². The zero-order valence-corrected chi connectivity index (χ0v) is 2.39. The van der Waals surface area contributed by atoms with Gasteiger partial charge in [-0.25, -0.2) is 6.57 Å². The van der Waals surface area contributed by atoms with Crippen molar-refractivity contribution >= 4 is 0 Å². The monoisotopic (exact) mass is 55.0 g/mol. The fourth-order valence-corrected chi connectivity index (χ4v) is 0. The van der Waals surface area contributed by atoms with E-state index >= 15 is 0 Å². The van der Waals surface area contributed by atoms with Crippen LogP contribution in [0.3, 0.4) is 0 Å². The molecule has 0 aromatic rings. The maximum atomic E-state index is 5.91. The molecule has 0 atom stereocenters. The Balaban J connectivity index is 2.43. The molecular formula is C2H3N2-. The second kappa shape index (κ2) is 2.29. The third kappa shape index (κ3) is 1.29. The van der Waals surface area contributed by atoms with Crippen LogP contribution >= 0.6 is 0 Å². The Hall–Kier alpha value is -0.710. The molecule has 0 bridgehead atoms. The molecule has 0 N–H and O–H groups in total. The van der Waals surface area contributed by atoms with Crippen molar-refractivity contribution in [1.29, 1.82) is 0 Å². The fraction of sp³-hybridized carbons (Fsp3) is 0.500. The maximum absolute atomic E-state index is 5.91. The van der Waals surface area contributed by atoms with Crippen LogP contribution in [0.1, 0.15) is 0 Å². The highest BCUT2D eigenvalue weighted by Crippen LogP contribution is 1.67. The van der Waals surface area contributed by atoms with Gasteiger partial charge in [0.05, 0.1) is 0 Å². The summed E-state index contributed by atoms with van der Waals surface area (Å²) in [6.45, 7) is 5.91. The molecule has 0 saturated carbocycles. The zero-order chi connectivity index (χ0) is 3.41. The van der Waals surface area contributed by atoms with Crippen LogP contribution in [0, 0.1) is 6.57 Å². The van der Waals surface area contributed by atoms with Gasteiger partial charge in [-0.15, -0.1) is 0 Å². The minimum atomic E-state index is 1.45. The molecule has 0 aliphatic rings. The molecule has 0 spiro atoms. The molecule has 0 heterocycles. The Morgan fingerprint density at radius 1 is 2.00 bits per heavy atom. The molecule has 0 aliphatic heterocycles. The smallest absolute Gasteiger partial charge is 0.0803 e. The summed E-state index contributed by atoms with van der Waals surface area (Å²) in [5.41, 5.74) is 3.03. The van der Waals surface area contributed by atoms with Crippen LogP contribution < -0.4 is 0 Å². The van der Waals surface area contributed by atoms with Crippen molar-refractivity contribution < 1.29 is 0 Å². The van der Waals surface area contributed by atoms with Gasteiger partial charge < -0.3 is 10.4 Å². The van der Waals surface area contributed by atoms with Crippen molar-refractivity contribution in [2.75, 3.05) is 7.05 Å². The summed E-state index contributed by atoms with van der Waals surface area (Å²) >= 11 is 0. The van der Waals surface area contributed by atoms with Crippen molar-refractivity contribution in [3.63, 3.8) is 0 Å². The van der Waals surface area contributed by atoms with Crippen LogP contribution in [0.5, 0.6) is 0 Å². The normalized spacial score (nSPS) is 4.00. The SMILES string of the molecule is [C-]#[N+][N-]C. The predicted molar refractivity (Wildman–Crippen MR) is 15.9 cm³/mol. The summed E-state index contributed by atoms with van der Waals surface area (Å²) < 4.78 is 0. The molecule has 2 heteroatoms. The standard InChI is InChI=1S/C2H3N2/c1-3-4-2/h1H3/q-1. The van der Waals surface area contributed by atoms with E-state index in [2.05, 4.69) is 10.4 Å². The Bertz CT molecular complexity index is 33.8. The van der Waals surface area contributed by atoms with E-state index in [0.717, 1.165) is 0 Å². The van der Waals surface area contributed by atoms with Gasteiger partial charge in [0, 0.05) is 0 Å². The van der Waals surface area contributed by atoms with Gasteiger partial charge in [0.1, 0.15) is 0 Å². The van der Waals surface area contributed by atoms with E-state index in [4.69, 9.17) is 6.57 Å². The molecule has 2 nitrogen and oxygen atoms in total. The second-order valence-corrected chi connectivity index (χ2v) is 0.300. The Kier molecular flexibility index (Phi) is 1.88. The van der Waals surface area contributed by atoms with Gasteiger partial charge in [-0.3, -0.25) is 0 Å². The van der Waals surface area contributed by atoms with E-state index in [1.807, 2.05) is 0 Å². The highest BCUT2D eigenvalue weighted by atomic mass is 15.2. The molecule has 0 aromatic heterocycles. The van der Waals surface area contributed by atoms with Crippen LogP contribution in [0.4, 0.5) is 0 Å². The third-order valence-corrected chi connectivity index (χ3v) is 0.100. The topological polar surface area (TPSA) is 18.5 Å². The molecule has 4 heavy (non-hydrogen) atoms. The highest BCUT2D eigenvalue weighted by molar-refractivity contribution is 4.73. The molecule has 0 fully saturated rings. The average Bonchev–Trinajstić information content (AvgIpc) is 1.37.